The minimum atomic E-state index is 0. The molecule has 0 heterocycles. The van der Waals surface area contributed by atoms with Crippen LogP contribution in [0.4, 0.5) is 0 Å². The molecule has 2 aliphatic rings. The van der Waals surface area contributed by atoms with Crippen molar-refractivity contribution in [2.24, 2.45) is 17.3 Å². The Morgan fingerprint density at radius 2 is 2.00 bits per heavy atom. The van der Waals surface area contributed by atoms with E-state index in [0.717, 1.165) is 18.3 Å². The number of rotatable bonds is 0. The summed E-state index contributed by atoms with van der Waals surface area (Å²) in [4.78, 5) is 0. The van der Waals surface area contributed by atoms with Crippen molar-refractivity contribution >= 4 is 0 Å². The van der Waals surface area contributed by atoms with Gasteiger partial charge in [-0.3, -0.25) is 0 Å². The Bertz CT molecular complexity index is 275. The van der Waals surface area contributed by atoms with Gasteiger partial charge in [-0.2, -0.15) is 0 Å². The van der Waals surface area contributed by atoms with Gasteiger partial charge in [0.15, 0.2) is 0 Å². The van der Waals surface area contributed by atoms with Crippen molar-refractivity contribution in [1.82, 2.24) is 0 Å². The van der Waals surface area contributed by atoms with Gasteiger partial charge in [0.05, 0.1) is 0 Å². The fraction of sp³-hybridized carbons (Fsp3) is 0.643. The van der Waals surface area contributed by atoms with E-state index in [-0.39, 0.29) is 51.4 Å². The predicted molar refractivity (Wildman–Crippen MR) is 61.8 cm³/mol. The van der Waals surface area contributed by atoms with Crippen LogP contribution in [0.3, 0.4) is 0 Å². The molecule has 0 spiro atoms. The Balaban J connectivity index is 0.00000112. The summed E-state index contributed by atoms with van der Waals surface area (Å²) in [5, 5.41) is 0. The van der Waals surface area contributed by atoms with Crippen molar-refractivity contribution < 1.29 is 51.4 Å². The average molecular weight is 228 g/mol. The molecule has 2 aliphatic carbocycles. The molecule has 0 amide bonds. The molecule has 1 heteroatoms. The summed E-state index contributed by atoms with van der Waals surface area (Å²) >= 11 is 0. The van der Waals surface area contributed by atoms with E-state index in [2.05, 4.69) is 33.4 Å². The van der Waals surface area contributed by atoms with Crippen LogP contribution in [0.1, 0.15) is 39.5 Å². The SMILES string of the molecule is C=C1[CH]CC(=C)C2CC(C)(C)C2CC1.[K+]. The molecule has 0 aliphatic heterocycles. The second-order valence-electron chi connectivity index (χ2n) is 5.67. The summed E-state index contributed by atoms with van der Waals surface area (Å²) < 4.78 is 0. The normalized spacial score (nSPS) is 34.3. The summed E-state index contributed by atoms with van der Waals surface area (Å²) in [6, 6.07) is 0. The Morgan fingerprint density at radius 1 is 1.33 bits per heavy atom. The Hall–Kier alpha value is 1.12. The summed E-state index contributed by atoms with van der Waals surface area (Å²) in [5.74, 6) is 1.66. The minimum Gasteiger partial charge on any atom is -0.0995 e. The van der Waals surface area contributed by atoms with Gasteiger partial charge in [0.2, 0.25) is 0 Å². The molecule has 0 saturated heterocycles. The molecule has 0 aromatic carbocycles. The molecule has 15 heavy (non-hydrogen) atoms. The average Bonchev–Trinajstić information content (AvgIpc) is 2.09. The predicted octanol–water partition coefficient (Wildman–Crippen LogP) is 1.15. The third-order valence-corrected chi connectivity index (χ3v) is 4.19. The fourth-order valence-electron chi connectivity index (χ4n) is 3.14. The zero-order valence-corrected chi connectivity index (χ0v) is 13.6. The van der Waals surface area contributed by atoms with E-state index in [1.165, 1.54) is 30.4 Å². The van der Waals surface area contributed by atoms with Crippen molar-refractivity contribution in [3.8, 4) is 0 Å². The molecule has 0 aromatic rings. The first kappa shape index (κ1) is 14.2. The monoisotopic (exact) mass is 228 g/mol. The van der Waals surface area contributed by atoms with Crippen LogP contribution < -0.4 is 51.4 Å². The first-order valence-electron chi connectivity index (χ1n) is 5.69. The third kappa shape index (κ3) is 2.87. The molecule has 0 nitrogen and oxygen atoms in total. The van der Waals surface area contributed by atoms with Gasteiger partial charge in [-0.1, -0.05) is 38.2 Å². The summed E-state index contributed by atoms with van der Waals surface area (Å²) in [6.07, 6.45) is 7.18. The van der Waals surface area contributed by atoms with Crippen molar-refractivity contribution in [1.29, 1.82) is 0 Å². The molecular formula is C14H21K+. The van der Waals surface area contributed by atoms with Crippen molar-refractivity contribution in [3.63, 3.8) is 0 Å². The van der Waals surface area contributed by atoms with Gasteiger partial charge in [-0.05, 0) is 49.4 Å². The first-order chi connectivity index (χ1) is 6.50. The standard InChI is InChI=1S/C14H21.K/c1-10-5-7-11(2)12-9-14(3,4)13(12)8-6-10;/h5,12-13H,1-2,6-9H2,3-4H3;/q;+1. The maximum absolute atomic E-state index is 4.23. The molecule has 2 saturated carbocycles. The van der Waals surface area contributed by atoms with Gasteiger partial charge in [0, 0.05) is 0 Å². The van der Waals surface area contributed by atoms with E-state index < -0.39 is 0 Å². The van der Waals surface area contributed by atoms with E-state index in [9.17, 15) is 0 Å². The molecule has 0 bridgehead atoms. The molecule has 77 valence electrons. The van der Waals surface area contributed by atoms with Crippen LogP contribution in [0.15, 0.2) is 24.3 Å². The number of hydrogen-bond donors (Lipinski definition) is 0. The molecule has 2 fully saturated rings. The van der Waals surface area contributed by atoms with Crippen LogP contribution in [0, 0.1) is 23.7 Å². The van der Waals surface area contributed by atoms with Gasteiger partial charge in [-0.15, -0.1) is 0 Å². The van der Waals surface area contributed by atoms with E-state index in [1.807, 2.05) is 0 Å². The van der Waals surface area contributed by atoms with Crippen molar-refractivity contribution in [2.75, 3.05) is 0 Å². The zero-order valence-electron chi connectivity index (χ0n) is 10.5. The first-order valence-corrected chi connectivity index (χ1v) is 5.69. The van der Waals surface area contributed by atoms with Crippen LogP contribution in [0.5, 0.6) is 0 Å². The Morgan fingerprint density at radius 3 is 2.60 bits per heavy atom. The fourth-order valence-corrected chi connectivity index (χ4v) is 3.14. The van der Waals surface area contributed by atoms with Crippen LogP contribution in [-0.2, 0) is 0 Å². The molecular weight excluding hydrogens is 207 g/mol. The number of hydrogen-bond acceptors (Lipinski definition) is 0. The number of allylic oxidation sites excluding steroid dienone is 2. The van der Waals surface area contributed by atoms with E-state index >= 15 is 0 Å². The van der Waals surface area contributed by atoms with Crippen molar-refractivity contribution in [3.05, 3.63) is 30.7 Å². The molecule has 0 N–H and O–H groups in total. The van der Waals surface area contributed by atoms with Crippen LogP contribution in [0.2, 0.25) is 0 Å². The molecule has 1 radical (unpaired) electrons. The van der Waals surface area contributed by atoms with Crippen molar-refractivity contribution in [2.45, 2.75) is 39.5 Å². The maximum atomic E-state index is 4.23. The van der Waals surface area contributed by atoms with Crippen LogP contribution in [-0.4, -0.2) is 0 Å². The number of fused-ring (bicyclic) bond motifs is 1. The minimum absolute atomic E-state index is 0. The Kier molecular flexibility index (Phi) is 4.90. The molecule has 0 aromatic heterocycles. The maximum Gasteiger partial charge on any atom is 1.00 e. The second kappa shape index (κ2) is 5.18. The molecule has 2 rings (SSSR count). The van der Waals surface area contributed by atoms with Gasteiger partial charge < -0.3 is 0 Å². The topological polar surface area (TPSA) is 0 Å². The Labute approximate surface area is 137 Å². The zero-order chi connectivity index (χ0) is 10.3. The second-order valence-corrected chi connectivity index (χ2v) is 5.67. The largest absolute Gasteiger partial charge is 1.00 e. The van der Waals surface area contributed by atoms with E-state index in [0.29, 0.717) is 5.41 Å². The quantitative estimate of drug-likeness (QED) is 0.431. The molecule has 2 unspecified atom stereocenters. The third-order valence-electron chi connectivity index (χ3n) is 4.19. The summed E-state index contributed by atoms with van der Waals surface area (Å²) in [6.45, 7) is 13.1. The van der Waals surface area contributed by atoms with Gasteiger partial charge in [0.25, 0.3) is 0 Å². The summed E-state index contributed by atoms with van der Waals surface area (Å²) in [7, 11) is 0. The van der Waals surface area contributed by atoms with E-state index in [1.54, 1.807) is 0 Å². The van der Waals surface area contributed by atoms with Crippen LogP contribution >= 0.6 is 0 Å². The van der Waals surface area contributed by atoms with Gasteiger partial charge in [0.1, 0.15) is 0 Å². The van der Waals surface area contributed by atoms with Crippen LogP contribution in [0.25, 0.3) is 0 Å². The van der Waals surface area contributed by atoms with Gasteiger partial charge in [-0.25, -0.2) is 0 Å². The summed E-state index contributed by atoms with van der Waals surface area (Å²) in [5.41, 5.74) is 3.30. The van der Waals surface area contributed by atoms with E-state index in [4.69, 9.17) is 0 Å². The smallest absolute Gasteiger partial charge is 0.0995 e. The molecule has 2 atom stereocenters. The van der Waals surface area contributed by atoms with Gasteiger partial charge >= 0.3 is 51.4 Å².